The minimum absolute atomic E-state index is 0.155. The molecule has 0 aliphatic rings. The first-order valence-electron chi connectivity index (χ1n) is 65.9. The summed E-state index contributed by atoms with van der Waals surface area (Å²) in [6, 6.07) is 19.1. The van der Waals surface area contributed by atoms with Gasteiger partial charge in [0, 0.05) is 65.4 Å². The van der Waals surface area contributed by atoms with Crippen LogP contribution >= 0.6 is 0 Å². The lowest BCUT2D eigenvalue weighted by Crippen LogP contribution is -2.43. The smallest absolute Gasteiger partial charge is 0.407 e. The van der Waals surface area contributed by atoms with Crippen LogP contribution in [0.4, 0.5) is 28.8 Å². The van der Waals surface area contributed by atoms with Crippen molar-refractivity contribution in [2.75, 3.05) is 65.4 Å². The second-order valence-corrected chi connectivity index (χ2v) is 46.2. The maximum absolute atomic E-state index is 12.8. The van der Waals surface area contributed by atoms with Crippen LogP contribution in [0.25, 0.3) is 0 Å². The summed E-state index contributed by atoms with van der Waals surface area (Å²) in [5.41, 5.74) is 2.02. The lowest BCUT2D eigenvalue weighted by atomic mass is 9.78. The Morgan fingerprint density at radius 2 is 0.287 bits per heavy atom. The molecule has 0 saturated heterocycles. The van der Waals surface area contributed by atoms with E-state index in [9.17, 15) is 28.8 Å². The van der Waals surface area contributed by atoms with Crippen molar-refractivity contribution in [3.05, 3.63) is 71.8 Å². The van der Waals surface area contributed by atoms with Crippen LogP contribution in [0.3, 0.4) is 0 Å². The van der Waals surface area contributed by atoms with E-state index in [1.54, 1.807) is 0 Å². The Kier molecular flexibility index (Phi) is 105. The summed E-state index contributed by atoms with van der Waals surface area (Å²) in [5, 5.41) is 29.9. The van der Waals surface area contributed by atoms with E-state index in [1.807, 2.05) is 60.7 Å². The number of carbonyl (C=O) groups is 6. The van der Waals surface area contributed by atoms with Crippen LogP contribution in [-0.2, 0) is 22.7 Å². The number of rotatable bonds is 115. The molecule has 0 aromatic heterocycles. The predicted octanol–water partition coefficient (Wildman–Crippen LogP) is 39.0. The largest absolute Gasteiger partial charge is 0.445 e. The predicted molar refractivity (Wildman–Crippen MR) is 645 cm³/mol. The molecule has 2 aromatic carbocycles. The number of nitrogens with one attached hydrogen (secondary N) is 10. The Labute approximate surface area is 927 Å². The summed E-state index contributed by atoms with van der Waals surface area (Å²) in [7, 11) is 0. The molecule has 2 aromatic rings. The number of carbonyl (C=O) groups excluding carboxylic acids is 6. The van der Waals surface area contributed by atoms with Crippen LogP contribution in [-0.4, -0.2) is 102 Å². The number of unbranched alkanes of at least 4 members (excludes halogenated alkanes) is 66. The number of alkyl carbamates (subject to hydrolysis) is 2. The molecule has 0 fully saturated rings. The highest BCUT2D eigenvalue weighted by molar-refractivity contribution is 5.76. The van der Waals surface area contributed by atoms with Gasteiger partial charge in [0.1, 0.15) is 13.2 Å². The molecule has 0 aliphatic carbocycles. The van der Waals surface area contributed by atoms with Crippen molar-refractivity contribution >= 4 is 36.3 Å². The van der Waals surface area contributed by atoms with Crippen LogP contribution in [0.2, 0.25) is 0 Å². The van der Waals surface area contributed by atoms with Gasteiger partial charge in [-0.2, -0.15) is 0 Å². The van der Waals surface area contributed by atoms with Crippen molar-refractivity contribution in [1.82, 2.24) is 53.2 Å². The van der Waals surface area contributed by atoms with E-state index >= 15 is 0 Å². The van der Waals surface area contributed by atoms with E-state index in [2.05, 4.69) is 94.7 Å². The maximum Gasteiger partial charge on any atom is 0.407 e. The van der Waals surface area contributed by atoms with Crippen LogP contribution in [0, 0.1) is 35.5 Å². The standard InChI is InChI=1S/C132H248N10O8/c1-7-13-19-25-31-49-73-95-121(101-79-55-37-43-61-85-107-133-127(143)137-113-115-139-129(145)135-109-87-63-45-39-57-81-103-123(97-75-51-33-27-21-15-9-3)125(99-77-53-35-29-23-17-11-5)105-83-59-41-47-65-89-111-141-131(147)149-117-119-91-69-67-70-92-119)122(96-74-50-32-26-20-14-8-2)102-80-56-38-44-62-86-108-134-128(144)138-114-116-140-130(146)136-110-88-64-46-40-58-82-104-124(98-76-52-34-28-22-16-10-4)126(100-78-54-36-30-24-18-12-6)106-84-60-42-48-66-90-112-142-132(148)150-118-120-93-71-68-72-94-120/h67-72,91-94,121-126H,7-66,73-90,95-118H2,1-6H3,(H,141,147)(H,142,148)(H2,133,137,143)(H2,134,138,144)(H2,135,139,145)(H2,136,140,146). The molecule has 18 heteroatoms. The minimum atomic E-state index is -0.321. The zero-order valence-electron chi connectivity index (χ0n) is 99.6. The summed E-state index contributed by atoms with van der Waals surface area (Å²) in [4.78, 5) is 75.4. The third-order valence-electron chi connectivity index (χ3n) is 32.6. The number of urea groups is 4. The summed E-state index contributed by atoms with van der Waals surface area (Å²) in [6.07, 6.45) is 118. The topological polar surface area (TPSA) is 241 Å². The molecule has 150 heavy (non-hydrogen) atoms. The number of benzene rings is 2. The quantitative estimate of drug-likeness (QED) is 0.0285. The molecule has 0 bridgehead atoms. The molecular weight excluding hydrogens is 1850 g/mol. The van der Waals surface area contributed by atoms with Gasteiger partial charge in [-0.25, -0.2) is 28.8 Å². The fourth-order valence-electron chi connectivity index (χ4n) is 23.0. The third kappa shape index (κ3) is 95.5. The summed E-state index contributed by atoms with van der Waals surface area (Å²) in [5.74, 6) is 5.07. The highest BCUT2D eigenvalue weighted by Gasteiger charge is 2.25. The van der Waals surface area contributed by atoms with Gasteiger partial charge in [-0.3, -0.25) is 0 Å². The van der Waals surface area contributed by atoms with Crippen LogP contribution in [0.5, 0.6) is 0 Å². The van der Waals surface area contributed by atoms with Gasteiger partial charge in [-0.15, -0.1) is 0 Å². The van der Waals surface area contributed by atoms with Gasteiger partial charge < -0.3 is 62.6 Å². The molecule has 0 radical (unpaired) electrons. The van der Waals surface area contributed by atoms with Gasteiger partial charge in [0.05, 0.1) is 0 Å². The molecule has 6 unspecified atom stereocenters. The molecule has 0 heterocycles. The Morgan fingerprint density at radius 3 is 0.440 bits per heavy atom. The van der Waals surface area contributed by atoms with Crippen molar-refractivity contribution in [2.45, 2.75) is 633 Å². The second kappa shape index (κ2) is 113. The Balaban J connectivity index is 1.70. The van der Waals surface area contributed by atoms with E-state index in [0.29, 0.717) is 78.7 Å². The number of amides is 10. The van der Waals surface area contributed by atoms with Crippen molar-refractivity contribution in [3.63, 3.8) is 0 Å². The fraction of sp³-hybridized carbons (Fsp3) is 0.864. The van der Waals surface area contributed by atoms with E-state index in [0.717, 1.165) is 124 Å². The molecule has 0 spiro atoms. The average molecular weight is 2100 g/mol. The summed E-state index contributed by atoms with van der Waals surface area (Å²) < 4.78 is 10.8. The average Bonchev–Trinajstić information content (AvgIpc) is 0.919. The molecule has 10 N–H and O–H groups in total. The van der Waals surface area contributed by atoms with Crippen molar-refractivity contribution in [3.8, 4) is 0 Å². The zero-order valence-corrected chi connectivity index (χ0v) is 99.6. The van der Waals surface area contributed by atoms with E-state index < -0.39 is 0 Å². The van der Waals surface area contributed by atoms with Gasteiger partial charge in [-0.1, -0.05) is 642 Å². The van der Waals surface area contributed by atoms with E-state index in [1.165, 1.54) is 501 Å². The van der Waals surface area contributed by atoms with Crippen LogP contribution in [0.1, 0.15) is 631 Å². The van der Waals surface area contributed by atoms with Gasteiger partial charge in [0.2, 0.25) is 0 Å². The van der Waals surface area contributed by atoms with E-state index in [-0.39, 0.29) is 36.3 Å². The number of ether oxygens (including phenoxy) is 2. The Hall–Kier alpha value is -5.94. The fourth-order valence-corrected chi connectivity index (χ4v) is 23.0. The highest BCUT2D eigenvalue weighted by Crippen LogP contribution is 2.38. The SMILES string of the molecule is CCCCCCCCCC(CCCCCCCCNC(=O)NCCNC(=O)NCCCCCCCCC(CCCCCCCCC)C(CCCCCCCCC)CCCCCCCCNC(=O)OCc1ccccc1)C(CCCCCCCCC)CCCCCCCCNC(=O)NCCNC(=O)NCCCCCCCCC(CCCCCCCCC)C(CCCCCCCCC)CCCCCCCCNC(=O)OCc1ccccc1. The van der Waals surface area contributed by atoms with Crippen LogP contribution < -0.4 is 53.2 Å². The molecule has 0 saturated carbocycles. The molecule has 18 nitrogen and oxygen atoms in total. The number of hydrogen-bond acceptors (Lipinski definition) is 8. The zero-order chi connectivity index (χ0) is 108. The molecule has 10 amide bonds. The first kappa shape index (κ1) is 140. The van der Waals surface area contributed by atoms with Gasteiger partial charge in [0.25, 0.3) is 0 Å². The van der Waals surface area contributed by atoms with Crippen LogP contribution in [0.15, 0.2) is 60.7 Å². The van der Waals surface area contributed by atoms with E-state index in [4.69, 9.17) is 9.47 Å². The molecule has 874 valence electrons. The number of hydrogen-bond donors (Lipinski definition) is 10. The van der Waals surface area contributed by atoms with Gasteiger partial charge in [0.15, 0.2) is 0 Å². The first-order valence-corrected chi connectivity index (χ1v) is 65.9. The summed E-state index contributed by atoms with van der Waals surface area (Å²) >= 11 is 0. The van der Waals surface area contributed by atoms with Gasteiger partial charge in [-0.05, 0) is 85.2 Å². The normalized spacial score (nSPS) is 12.7. The third-order valence-corrected chi connectivity index (χ3v) is 32.6. The minimum Gasteiger partial charge on any atom is -0.445 e. The first-order chi connectivity index (χ1) is 74.0. The van der Waals surface area contributed by atoms with Gasteiger partial charge >= 0.3 is 36.3 Å². The lowest BCUT2D eigenvalue weighted by molar-refractivity contribution is 0.138. The summed E-state index contributed by atoms with van der Waals surface area (Å²) in [6.45, 7) is 20.2. The Bertz CT molecular complexity index is 2970. The second-order valence-electron chi connectivity index (χ2n) is 46.2. The maximum atomic E-state index is 12.8. The van der Waals surface area contributed by atoms with Crippen molar-refractivity contribution in [1.29, 1.82) is 0 Å². The molecule has 0 aliphatic heterocycles. The van der Waals surface area contributed by atoms with Crippen molar-refractivity contribution in [2.24, 2.45) is 35.5 Å². The molecule has 6 atom stereocenters. The lowest BCUT2D eigenvalue weighted by Gasteiger charge is -2.28. The molecular formula is C132H248N10O8. The monoisotopic (exact) mass is 2100 g/mol. The Morgan fingerprint density at radius 1 is 0.160 bits per heavy atom. The van der Waals surface area contributed by atoms with Crippen molar-refractivity contribution < 1.29 is 38.2 Å². The molecule has 2 rings (SSSR count). The highest BCUT2D eigenvalue weighted by atomic mass is 16.6.